The van der Waals surface area contributed by atoms with Crippen molar-refractivity contribution in [1.29, 1.82) is 0 Å². The molecule has 2 amide bonds. The van der Waals surface area contributed by atoms with Crippen molar-refractivity contribution in [3.05, 3.63) is 35.6 Å². The number of nitrogens with zero attached hydrogens (tertiary/aromatic N) is 1. The van der Waals surface area contributed by atoms with E-state index >= 15 is 0 Å². The minimum absolute atomic E-state index is 0.0214. The van der Waals surface area contributed by atoms with Crippen molar-refractivity contribution < 1.29 is 18.9 Å². The molecule has 1 aromatic rings. The summed E-state index contributed by atoms with van der Waals surface area (Å²) in [6.07, 6.45) is 5.81. The van der Waals surface area contributed by atoms with Gasteiger partial charge in [0.25, 0.3) is 5.91 Å². The first-order valence-corrected chi connectivity index (χ1v) is 11.3. The normalized spacial score (nSPS) is 23.2. The van der Waals surface area contributed by atoms with E-state index in [-0.39, 0.29) is 23.0 Å². The summed E-state index contributed by atoms with van der Waals surface area (Å²) in [5.74, 6) is 0.430. The van der Waals surface area contributed by atoms with Gasteiger partial charge in [0.1, 0.15) is 11.9 Å². The van der Waals surface area contributed by atoms with E-state index in [0.29, 0.717) is 23.8 Å². The van der Waals surface area contributed by atoms with E-state index < -0.39 is 6.04 Å². The lowest BCUT2D eigenvalue weighted by molar-refractivity contribution is -0.856. The number of carbonyl (C=O) groups excluding carboxylic acids is 2. The molecule has 3 rings (SSSR count). The number of benzene rings is 1. The Bertz CT molecular complexity index is 677. The Morgan fingerprint density at radius 2 is 1.86 bits per heavy atom. The predicted octanol–water partition coefficient (Wildman–Crippen LogP) is 1.55. The average molecular weight is 409 g/mol. The summed E-state index contributed by atoms with van der Waals surface area (Å²) in [6.45, 7) is 1.43. The molecule has 2 N–H and O–H groups in total. The van der Waals surface area contributed by atoms with Crippen LogP contribution in [0.5, 0.6) is 0 Å². The van der Waals surface area contributed by atoms with Crippen LogP contribution in [0, 0.1) is 11.7 Å². The second-order valence-corrected chi connectivity index (χ2v) is 9.25. The van der Waals surface area contributed by atoms with Gasteiger partial charge in [-0.15, -0.1) is 11.8 Å². The van der Waals surface area contributed by atoms with Crippen molar-refractivity contribution in [1.82, 2.24) is 10.2 Å². The van der Waals surface area contributed by atoms with Crippen LogP contribution < -0.4 is 10.2 Å². The third-order valence-corrected chi connectivity index (χ3v) is 7.10. The fraction of sp³-hybridized carbons (Fsp3) is 0.619. The van der Waals surface area contributed by atoms with Crippen molar-refractivity contribution in [2.45, 2.75) is 43.5 Å². The quantitative estimate of drug-likeness (QED) is 0.751. The van der Waals surface area contributed by atoms with Crippen LogP contribution in [-0.4, -0.2) is 61.1 Å². The molecule has 1 heterocycles. The maximum atomic E-state index is 13.3. The number of quaternary nitrogens is 1. The number of hydrogen-bond acceptors (Lipinski definition) is 3. The summed E-state index contributed by atoms with van der Waals surface area (Å²) in [6, 6.07) is 5.18. The molecule has 2 aliphatic rings. The lowest BCUT2D eigenvalue weighted by Crippen LogP contribution is -3.06. The minimum atomic E-state index is -0.466. The van der Waals surface area contributed by atoms with Gasteiger partial charge in [0, 0.05) is 11.3 Å². The van der Waals surface area contributed by atoms with Gasteiger partial charge in [-0.2, -0.15) is 0 Å². The largest absolute Gasteiger partial charge is 0.349 e. The van der Waals surface area contributed by atoms with Gasteiger partial charge in [0.15, 0.2) is 0 Å². The molecule has 7 heteroatoms. The molecule has 1 saturated carbocycles. The molecule has 0 spiro atoms. The highest BCUT2D eigenvalue weighted by Gasteiger charge is 2.45. The molecule has 0 bridgehead atoms. The van der Waals surface area contributed by atoms with Crippen LogP contribution in [-0.2, 0) is 4.79 Å². The number of thioether (sulfide) groups is 1. The van der Waals surface area contributed by atoms with Crippen molar-refractivity contribution in [3.63, 3.8) is 0 Å². The predicted molar refractivity (Wildman–Crippen MR) is 110 cm³/mol. The molecule has 1 aliphatic heterocycles. The van der Waals surface area contributed by atoms with Crippen molar-refractivity contribution >= 4 is 23.6 Å². The fourth-order valence-corrected chi connectivity index (χ4v) is 5.70. The van der Waals surface area contributed by atoms with Gasteiger partial charge in [-0.3, -0.25) is 9.59 Å². The average Bonchev–Trinajstić information content (AvgIpc) is 3.13. The molecule has 2 atom stereocenters. The summed E-state index contributed by atoms with van der Waals surface area (Å²) >= 11 is 1.72. The Hall–Kier alpha value is -1.60. The Labute approximate surface area is 171 Å². The Kier molecular flexibility index (Phi) is 7.35. The molecule has 1 saturated heterocycles. The Morgan fingerprint density at radius 1 is 1.18 bits per heavy atom. The van der Waals surface area contributed by atoms with Crippen LogP contribution in [0.3, 0.4) is 0 Å². The smallest absolute Gasteiger partial charge is 0.255 e. The first-order valence-electron chi connectivity index (χ1n) is 10.2. The van der Waals surface area contributed by atoms with Crippen molar-refractivity contribution in [2.24, 2.45) is 5.92 Å². The molecule has 1 aliphatic carbocycles. The molecular weight excluding hydrogens is 377 g/mol. The molecule has 1 aromatic carbocycles. The standard InChI is InChI=1S/C21H30FN3O2S/c1-24(2)13-12-23-19(26)18-14-28-21(16-6-4-3-5-7-16)25(18)20(27)15-8-10-17(22)11-9-15/h8-11,16,18,21H,3-7,12-14H2,1-2H3,(H,23,26)/p+1/t18-,21+/m0/s1. The van der Waals surface area contributed by atoms with E-state index in [4.69, 9.17) is 0 Å². The number of rotatable bonds is 6. The molecule has 0 aromatic heterocycles. The van der Waals surface area contributed by atoms with Crippen molar-refractivity contribution in [3.8, 4) is 0 Å². The number of likely N-dealkylation sites (N-methyl/N-ethyl adjacent to an activating group) is 1. The van der Waals surface area contributed by atoms with E-state index in [9.17, 15) is 14.0 Å². The van der Waals surface area contributed by atoms with Gasteiger partial charge in [0.05, 0.1) is 32.6 Å². The van der Waals surface area contributed by atoms with Gasteiger partial charge in [-0.05, 0) is 43.0 Å². The summed E-state index contributed by atoms with van der Waals surface area (Å²) in [7, 11) is 4.09. The molecule has 5 nitrogen and oxygen atoms in total. The lowest BCUT2D eigenvalue weighted by Gasteiger charge is -2.35. The zero-order chi connectivity index (χ0) is 20.1. The third-order valence-electron chi connectivity index (χ3n) is 5.64. The second kappa shape index (κ2) is 9.74. The first-order chi connectivity index (χ1) is 13.5. The van der Waals surface area contributed by atoms with Crippen LogP contribution in [0.2, 0.25) is 0 Å². The Morgan fingerprint density at radius 3 is 2.50 bits per heavy atom. The minimum Gasteiger partial charge on any atom is -0.349 e. The maximum absolute atomic E-state index is 13.3. The van der Waals surface area contributed by atoms with Crippen molar-refractivity contribution in [2.75, 3.05) is 32.9 Å². The van der Waals surface area contributed by atoms with Crippen LogP contribution in [0.1, 0.15) is 42.5 Å². The lowest BCUT2D eigenvalue weighted by atomic mass is 9.88. The second-order valence-electron chi connectivity index (χ2n) is 8.11. The summed E-state index contributed by atoms with van der Waals surface area (Å²) in [5, 5.41) is 3.02. The molecule has 28 heavy (non-hydrogen) atoms. The van der Waals surface area contributed by atoms with E-state index in [0.717, 1.165) is 19.4 Å². The topological polar surface area (TPSA) is 53.9 Å². The zero-order valence-electron chi connectivity index (χ0n) is 16.7. The highest BCUT2D eigenvalue weighted by molar-refractivity contribution is 8.00. The molecular formula is C21H31FN3O2S+. The highest BCUT2D eigenvalue weighted by atomic mass is 32.2. The van der Waals surface area contributed by atoms with Gasteiger partial charge in [0.2, 0.25) is 5.91 Å². The number of hydrogen-bond donors (Lipinski definition) is 2. The molecule has 2 fully saturated rings. The van der Waals surface area contributed by atoms with Crippen LogP contribution in [0.15, 0.2) is 24.3 Å². The summed E-state index contributed by atoms with van der Waals surface area (Å²) < 4.78 is 13.3. The molecule has 0 unspecified atom stereocenters. The number of carbonyl (C=O) groups is 2. The van der Waals surface area contributed by atoms with E-state index in [1.807, 2.05) is 14.1 Å². The number of nitrogens with one attached hydrogen (secondary N) is 2. The third kappa shape index (κ3) is 5.06. The van der Waals surface area contributed by atoms with Crippen LogP contribution >= 0.6 is 11.8 Å². The van der Waals surface area contributed by atoms with E-state index in [1.165, 1.54) is 48.4 Å². The zero-order valence-corrected chi connectivity index (χ0v) is 17.6. The maximum Gasteiger partial charge on any atom is 0.255 e. The SMILES string of the molecule is C[NH+](C)CCNC(=O)[C@@H]1CS[C@H](C2CCCCC2)N1C(=O)c1ccc(F)cc1. The first kappa shape index (κ1) is 21.1. The van der Waals surface area contributed by atoms with Crippen LogP contribution in [0.25, 0.3) is 0 Å². The van der Waals surface area contributed by atoms with Gasteiger partial charge in [-0.1, -0.05) is 19.3 Å². The van der Waals surface area contributed by atoms with Gasteiger partial charge < -0.3 is 15.1 Å². The van der Waals surface area contributed by atoms with E-state index in [1.54, 1.807) is 16.7 Å². The van der Waals surface area contributed by atoms with Gasteiger partial charge >= 0.3 is 0 Å². The number of amides is 2. The van der Waals surface area contributed by atoms with Gasteiger partial charge in [-0.25, -0.2) is 4.39 Å². The molecule has 0 radical (unpaired) electrons. The highest BCUT2D eigenvalue weighted by Crippen LogP contribution is 2.41. The Balaban J connectivity index is 1.78. The monoisotopic (exact) mass is 408 g/mol. The summed E-state index contributed by atoms with van der Waals surface area (Å²) in [5.41, 5.74) is 0.445. The van der Waals surface area contributed by atoms with E-state index in [2.05, 4.69) is 5.32 Å². The summed E-state index contributed by atoms with van der Waals surface area (Å²) in [4.78, 5) is 29.2. The fourth-order valence-electron chi connectivity index (χ4n) is 4.06. The van der Waals surface area contributed by atoms with Crippen LogP contribution in [0.4, 0.5) is 4.39 Å². The molecule has 154 valence electrons. The number of halogens is 1.